The summed E-state index contributed by atoms with van der Waals surface area (Å²) in [5, 5.41) is 6.47. The summed E-state index contributed by atoms with van der Waals surface area (Å²) in [6.07, 6.45) is 0. The molecule has 0 aliphatic carbocycles. The molecule has 0 bridgehead atoms. The molecule has 2 aromatic heterocycles. The number of anilines is 2. The van der Waals surface area contributed by atoms with E-state index in [2.05, 4.69) is 15.6 Å². The number of nitrogens with zero attached hydrogens (tertiary/aromatic N) is 1. The Hall–Kier alpha value is -2.73. The fraction of sp³-hybridized carbons (Fsp3) is 0.167. The average molecular weight is 339 g/mol. The maximum atomic E-state index is 12.7. The lowest BCUT2D eigenvalue weighted by atomic mass is 10.1. The molecule has 2 amide bonds. The lowest BCUT2D eigenvalue weighted by Crippen LogP contribution is -2.14. The van der Waals surface area contributed by atoms with Crippen LogP contribution in [0.3, 0.4) is 0 Å². The second-order valence-electron chi connectivity index (χ2n) is 5.57. The number of carbonyl (C=O) groups excluding carboxylic acids is 2. The SMILES string of the molecule is CC(=O)Nc1c(C(=O)Nc2ccccc2)sc2nc(C)cc(C)c12. The van der Waals surface area contributed by atoms with Crippen LogP contribution in [0.1, 0.15) is 27.9 Å². The number of thiophene rings is 1. The third-order valence-electron chi connectivity index (χ3n) is 3.53. The van der Waals surface area contributed by atoms with Gasteiger partial charge in [0.15, 0.2) is 0 Å². The molecule has 5 nitrogen and oxygen atoms in total. The van der Waals surface area contributed by atoms with E-state index in [-0.39, 0.29) is 11.8 Å². The second kappa shape index (κ2) is 6.41. The molecule has 3 rings (SSSR count). The van der Waals surface area contributed by atoms with Crippen molar-refractivity contribution < 1.29 is 9.59 Å². The lowest BCUT2D eigenvalue weighted by Gasteiger charge is -2.08. The third-order valence-corrected chi connectivity index (χ3v) is 4.61. The highest BCUT2D eigenvalue weighted by atomic mass is 32.1. The van der Waals surface area contributed by atoms with Gasteiger partial charge in [0.1, 0.15) is 9.71 Å². The van der Waals surface area contributed by atoms with E-state index in [4.69, 9.17) is 0 Å². The van der Waals surface area contributed by atoms with Crippen LogP contribution in [0, 0.1) is 13.8 Å². The number of pyridine rings is 1. The van der Waals surface area contributed by atoms with Gasteiger partial charge in [-0.25, -0.2) is 4.98 Å². The van der Waals surface area contributed by atoms with Crippen molar-refractivity contribution in [1.29, 1.82) is 0 Å². The Kier molecular flexibility index (Phi) is 4.31. The lowest BCUT2D eigenvalue weighted by molar-refractivity contribution is -0.114. The van der Waals surface area contributed by atoms with Gasteiger partial charge in [-0.1, -0.05) is 18.2 Å². The van der Waals surface area contributed by atoms with Gasteiger partial charge < -0.3 is 10.6 Å². The number of benzene rings is 1. The molecule has 122 valence electrons. The van der Waals surface area contributed by atoms with Gasteiger partial charge in [0.2, 0.25) is 5.91 Å². The molecule has 0 atom stereocenters. The smallest absolute Gasteiger partial charge is 0.267 e. The van der Waals surface area contributed by atoms with Crippen molar-refractivity contribution in [3.8, 4) is 0 Å². The van der Waals surface area contributed by atoms with Crippen LogP contribution >= 0.6 is 11.3 Å². The first-order valence-corrected chi connectivity index (χ1v) is 8.32. The predicted molar refractivity (Wildman–Crippen MR) is 97.8 cm³/mol. The van der Waals surface area contributed by atoms with Crippen LogP contribution in [0.25, 0.3) is 10.2 Å². The molecule has 0 saturated heterocycles. The number of amides is 2. The minimum Gasteiger partial charge on any atom is -0.324 e. The van der Waals surface area contributed by atoms with Crippen LogP contribution in [0.15, 0.2) is 36.4 Å². The highest BCUT2D eigenvalue weighted by Crippen LogP contribution is 2.37. The molecule has 6 heteroatoms. The standard InChI is InChI=1S/C18H17N3O2S/c1-10-9-11(2)19-18-14(10)15(20-12(3)22)16(24-18)17(23)21-13-7-5-4-6-8-13/h4-9H,1-3H3,(H,20,22)(H,21,23). The van der Waals surface area contributed by atoms with E-state index in [1.807, 2.05) is 50.2 Å². The molecule has 0 fully saturated rings. The molecule has 1 aromatic carbocycles. The second-order valence-corrected chi connectivity index (χ2v) is 6.57. The topological polar surface area (TPSA) is 71.1 Å². The van der Waals surface area contributed by atoms with Crippen molar-refractivity contribution >= 4 is 44.7 Å². The van der Waals surface area contributed by atoms with Crippen molar-refractivity contribution in [1.82, 2.24) is 4.98 Å². The molecule has 0 aliphatic heterocycles. The summed E-state index contributed by atoms with van der Waals surface area (Å²) >= 11 is 1.28. The monoisotopic (exact) mass is 339 g/mol. The molecule has 0 radical (unpaired) electrons. The first-order valence-electron chi connectivity index (χ1n) is 7.50. The van der Waals surface area contributed by atoms with E-state index in [9.17, 15) is 9.59 Å². The number of rotatable bonds is 3. The summed E-state index contributed by atoms with van der Waals surface area (Å²) in [4.78, 5) is 30.0. The highest BCUT2D eigenvalue weighted by molar-refractivity contribution is 7.21. The summed E-state index contributed by atoms with van der Waals surface area (Å²) in [6, 6.07) is 11.2. The quantitative estimate of drug-likeness (QED) is 0.754. The number of aryl methyl sites for hydroxylation is 2. The number of hydrogen-bond acceptors (Lipinski definition) is 4. The van der Waals surface area contributed by atoms with Gasteiger partial charge in [-0.05, 0) is 37.6 Å². The van der Waals surface area contributed by atoms with Gasteiger partial charge in [0.05, 0.1) is 5.69 Å². The van der Waals surface area contributed by atoms with Crippen LogP contribution in [0.5, 0.6) is 0 Å². The summed E-state index contributed by atoms with van der Waals surface area (Å²) in [5.41, 5.74) is 3.09. The Morgan fingerprint density at radius 3 is 2.46 bits per heavy atom. The number of carbonyl (C=O) groups is 2. The Labute approximate surface area is 143 Å². The fourth-order valence-electron chi connectivity index (χ4n) is 2.61. The first-order chi connectivity index (χ1) is 11.5. The Bertz CT molecular complexity index is 932. The number of hydrogen-bond donors (Lipinski definition) is 2. The summed E-state index contributed by atoms with van der Waals surface area (Å²) in [5.74, 6) is -0.478. The number of nitrogens with one attached hydrogen (secondary N) is 2. The van der Waals surface area contributed by atoms with E-state index in [0.717, 1.165) is 21.5 Å². The Balaban J connectivity index is 2.10. The van der Waals surface area contributed by atoms with E-state index in [1.54, 1.807) is 0 Å². The zero-order valence-electron chi connectivity index (χ0n) is 13.6. The molecule has 2 heterocycles. The minimum atomic E-state index is -0.259. The number of aromatic nitrogens is 1. The molecule has 0 unspecified atom stereocenters. The minimum absolute atomic E-state index is 0.219. The largest absolute Gasteiger partial charge is 0.324 e. The average Bonchev–Trinajstić information content (AvgIpc) is 2.86. The van der Waals surface area contributed by atoms with Gasteiger partial charge in [-0.2, -0.15) is 0 Å². The van der Waals surface area contributed by atoms with Crippen molar-refractivity contribution in [2.45, 2.75) is 20.8 Å². The van der Waals surface area contributed by atoms with Gasteiger partial charge in [0.25, 0.3) is 5.91 Å². The molecule has 24 heavy (non-hydrogen) atoms. The van der Waals surface area contributed by atoms with Gasteiger partial charge >= 0.3 is 0 Å². The van der Waals surface area contributed by atoms with Crippen molar-refractivity contribution in [2.75, 3.05) is 10.6 Å². The summed E-state index contributed by atoms with van der Waals surface area (Å²) in [7, 11) is 0. The van der Waals surface area contributed by atoms with Crippen LogP contribution in [-0.4, -0.2) is 16.8 Å². The van der Waals surface area contributed by atoms with Crippen LogP contribution in [-0.2, 0) is 4.79 Å². The summed E-state index contributed by atoms with van der Waals surface area (Å²) in [6.45, 7) is 5.29. The molecule has 0 saturated carbocycles. The van der Waals surface area contributed by atoms with Gasteiger partial charge in [0, 0.05) is 23.7 Å². The van der Waals surface area contributed by atoms with Crippen molar-refractivity contribution in [3.05, 3.63) is 52.5 Å². The molecule has 2 N–H and O–H groups in total. The first kappa shape index (κ1) is 16.1. The predicted octanol–water partition coefficient (Wildman–Crippen LogP) is 4.12. The number of fused-ring (bicyclic) bond motifs is 1. The van der Waals surface area contributed by atoms with E-state index < -0.39 is 0 Å². The molecule has 0 aliphatic rings. The van der Waals surface area contributed by atoms with E-state index in [1.165, 1.54) is 18.3 Å². The van der Waals surface area contributed by atoms with Crippen LogP contribution in [0.4, 0.5) is 11.4 Å². The fourth-order valence-corrected chi connectivity index (χ4v) is 3.75. The summed E-state index contributed by atoms with van der Waals surface area (Å²) < 4.78 is 0. The molecule has 0 spiro atoms. The zero-order chi connectivity index (χ0) is 17.3. The van der Waals surface area contributed by atoms with Crippen LogP contribution in [0.2, 0.25) is 0 Å². The third kappa shape index (κ3) is 3.14. The van der Waals surface area contributed by atoms with Gasteiger partial charge in [-0.3, -0.25) is 9.59 Å². The maximum Gasteiger partial charge on any atom is 0.267 e. The maximum absolute atomic E-state index is 12.7. The molecular weight excluding hydrogens is 322 g/mol. The normalized spacial score (nSPS) is 10.6. The highest BCUT2D eigenvalue weighted by Gasteiger charge is 2.22. The van der Waals surface area contributed by atoms with Crippen LogP contribution < -0.4 is 10.6 Å². The van der Waals surface area contributed by atoms with E-state index >= 15 is 0 Å². The van der Waals surface area contributed by atoms with Crippen molar-refractivity contribution in [2.24, 2.45) is 0 Å². The van der Waals surface area contributed by atoms with E-state index in [0.29, 0.717) is 16.3 Å². The molecule has 3 aromatic rings. The van der Waals surface area contributed by atoms with Gasteiger partial charge in [-0.15, -0.1) is 11.3 Å². The molecular formula is C18H17N3O2S. The van der Waals surface area contributed by atoms with Crippen molar-refractivity contribution in [3.63, 3.8) is 0 Å². The number of para-hydroxylation sites is 1. The zero-order valence-corrected chi connectivity index (χ0v) is 14.5. The Morgan fingerprint density at radius 1 is 1.08 bits per heavy atom. The Morgan fingerprint density at radius 2 is 1.79 bits per heavy atom.